The molecular formula is C51H66OS. The molecule has 2 aliphatic rings. The van der Waals surface area contributed by atoms with E-state index in [1.807, 2.05) is 7.11 Å². The summed E-state index contributed by atoms with van der Waals surface area (Å²) in [5.74, 6) is 1.01. The summed E-state index contributed by atoms with van der Waals surface area (Å²) in [6, 6.07) is 25.9. The van der Waals surface area contributed by atoms with Gasteiger partial charge >= 0.3 is 0 Å². The molecule has 0 N–H and O–H groups in total. The summed E-state index contributed by atoms with van der Waals surface area (Å²) in [4.78, 5) is 0. The van der Waals surface area contributed by atoms with E-state index in [0.29, 0.717) is 10.5 Å². The smallest absolute Gasteiger partial charge is 0.131 e. The molecule has 1 nitrogen and oxygen atoms in total. The van der Waals surface area contributed by atoms with Crippen molar-refractivity contribution in [3.8, 4) is 28.0 Å². The zero-order chi connectivity index (χ0) is 39.2. The van der Waals surface area contributed by atoms with E-state index < -0.39 is 10.0 Å². The zero-order valence-electron chi connectivity index (χ0n) is 36.0. The number of hydrogen-bond donors (Lipinski definition) is 0. The number of hydrogen-bond acceptors (Lipinski definition) is 1. The largest absolute Gasteiger partial charge is 0.496 e. The third kappa shape index (κ3) is 6.99. The fourth-order valence-corrected chi connectivity index (χ4v) is 13.0. The lowest BCUT2D eigenvalue weighted by atomic mass is 9.77. The van der Waals surface area contributed by atoms with Crippen LogP contribution in [0, 0.1) is 0 Å². The van der Waals surface area contributed by atoms with Crippen LogP contribution in [0.25, 0.3) is 34.4 Å². The highest BCUT2D eigenvalue weighted by Crippen LogP contribution is 2.73. The Hall–Kier alpha value is -3.49. The Morgan fingerprint density at radius 3 is 1.47 bits per heavy atom. The highest BCUT2D eigenvalue weighted by atomic mass is 32.3. The van der Waals surface area contributed by atoms with Crippen molar-refractivity contribution >= 4 is 22.2 Å². The average molecular weight is 727 g/mol. The van der Waals surface area contributed by atoms with Gasteiger partial charge in [-0.25, -0.2) is 10.0 Å². The van der Waals surface area contributed by atoms with E-state index in [-0.39, 0.29) is 21.7 Å². The maximum absolute atomic E-state index is 6.33. The van der Waals surface area contributed by atoms with E-state index in [1.54, 1.807) is 0 Å². The van der Waals surface area contributed by atoms with Crippen molar-refractivity contribution in [2.75, 3.05) is 19.6 Å². The van der Waals surface area contributed by atoms with Crippen LogP contribution in [-0.2, 0) is 21.7 Å². The van der Waals surface area contributed by atoms with Gasteiger partial charge in [-0.2, -0.15) is 0 Å². The maximum Gasteiger partial charge on any atom is 0.131 e. The van der Waals surface area contributed by atoms with E-state index in [4.69, 9.17) is 4.74 Å². The first-order chi connectivity index (χ1) is 24.4. The molecular weight excluding hydrogens is 661 g/mol. The fraction of sp³-hybridized carbons (Fsp3) is 0.451. The molecule has 4 aromatic carbocycles. The third-order valence-corrected chi connectivity index (χ3v) is 15.5. The van der Waals surface area contributed by atoms with Crippen LogP contribution in [0.5, 0.6) is 5.75 Å². The first-order valence-corrected chi connectivity index (χ1v) is 22.2. The lowest BCUT2D eigenvalue weighted by molar-refractivity contribution is 0.399. The van der Waals surface area contributed by atoms with Gasteiger partial charge in [-0.15, -0.1) is 0 Å². The lowest BCUT2D eigenvalue weighted by Gasteiger charge is -2.46. The lowest BCUT2D eigenvalue weighted by Crippen LogP contribution is -2.20. The summed E-state index contributed by atoms with van der Waals surface area (Å²) < 4.78 is 6.33. The topological polar surface area (TPSA) is 9.23 Å². The Labute approximate surface area is 324 Å². The Morgan fingerprint density at radius 1 is 0.528 bits per heavy atom. The molecule has 282 valence electrons. The minimum atomic E-state index is -1.35. The monoisotopic (exact) mass is 726 g/mol. The molecule has 53 heavy (non-hydrogen) atoms. The van der Waals surface area contributed by atoms with Gasteiger partial charge in [0.1, 0.15) is 5.75 Å². The van der Waals surface area contributed by atoms with Crippen LogP contribution in [0.15, 0.2) is 77.9 Å². The molecule has 2 unspecified atom stereocenters. The quantitative estimate of drug-likeness (QED) is 0.199. The van der Waals surface area contributed by atoms with Crippen LogP contribution in [0.3, 0.4) is 0 Å². The molecule has 0 fully saturated rings. The number of fused-ring (bicyclic) bond motifs is 2. The van der Waals surface area contributed by atoms with Crippen LogP contribution < -0.4 is 4.74 Å². The molecule has 0 spiro atoms. The van der Waals surface area contributed by atoms with E-state index in [1.165, 1.54) is 77.9 Å². The summed E-state index contributed by atoms with van der Waals surface area (Å²) >= 11 is 0. The van der Waals surface area contributed by atoms with Crippen LogP contribution >= 0.6 is 10.0 Å². The van der Waals surface area contributed by atoms with Crippen molar-refractivity contribution < 1.29 is 4.74 Å². The SMILES string of the molecule is COc1c(C(C)(C)C)cc2c(c1-c1ccccc1)C=C(C)C2S(C)(C)C1C(C)=Cc2c(-c3cc(C(C)(C)C)cc(C(C)(C)C)c3)cc(C(C)(C)C)cc21. The van der Waals surface area contributed by atoms with Crippen LogP contribution in [0.1, 0.15) is 152 Å². The van der Waals surface area contributed by atoms with Gasteiger partial charge in [0.15, 0.2) is 0 Å². The van der Waals surface area contributed by atoms with Crippen molar-refractivity contribution in [1.29, 1.82) is 0 Å². The second-order valence-corrected chi connectivity index (χ2v) is 24.5. The number of rotatable bonds is 5. The van der Waals surface area contributed by atoms with Gasteiger partial charge in [0.05, 0.1) is 7.11 Å². The Kier molecular flexibility index (Phi) is 9.67. The minimum Gasteiger partial charge on any atom is -0.496 e. The van der Waals surface area contributed by atoms with E-state index in [2.05, 4.69) is 188 Å². The van der Waals surface area contributed by atoms with E-state index >= 15 is 0 Å². The van der Waals surface area contributed by atoms with Crippen molar-refractivity contribution in [2.45, 2.75) is 129 Å². The summed E-state index contributed by atoms with van der Waals surface area (Å²) in [6.07, 6.45) is 10.3. The second-order valence-electron chi connectivity index (χ2n) is 20.6. The Bertz CT molecular complexity index is 2100. The van der Waals surface area contributed by atoms with Gasteiger partial charge in [0.25, 0.3) is 0 Å². The van der Waals surface area contributed by atoms with Crippen LogP contribution in [0.4, 0.5) is 0 Å². The second kappa shape index (κ2) is 13.1. The normalized spacial score (nSPS) is 18.1. The summed E-state index contributed by atoms with van der Waals surface area (Å²) in [5.41, 5.74) is 19.4. The number of benzene rings is 4. The van der Waals surface area contributed by atoms with Gasteiger partial charge < -0.3 is 4.74 Å². The Balaban J connectivity index is 1.60. The molecule has 0 amide bonds. The maximum atomic E-state index is 6.33. The van der Waals surface area contributed by atoms with Gasteiger partial charge in [-0.1, -0.05) is 167 Å². The van der Waals surface area contributed by atoms with Crippen LogP contribution in [-0.4, -0.2) is 19.6 Å². The van der Waals surface area contributed by atoms with Gasteiger partial charge in [-0.3, -0.25) is 0 Å². The molecule has 0 bridgehead atoms. The highest BCUT2D eigenvalue weighted by molar-refractivity contribution is 8.33. The zero-order valence-corrected chi connectivity index (χ0v) is 36.8. The molecule has 0 aliphatic heterocycles. The third-order valence-electron chi connectivity index (χ3n) is 11.8. The molecule has 2 aliphatic carbocycles. The average Bonchev–Trinajstić information content (AvgIpc) is 3.57. The molecule has 6 rings (SSSR count). The first kappa shape index (κ1) is 39.2. The van der Waals surface area contributed by atoms with E-state index in [9.17, 15) is 0 Å². The van der Waals surface area contributed by atoms with Gasteiger partial charge in [0, 0.05) is 21.6 Å². The predicted molar refractivity (Wildman–Crippen MR) is 237 cm³/mol. The standard InChI is InChI=1S/C51H66OS/c1-31-23-39-38(34-25-35(48(3,4)5)27-36(26-34)49(6,7)8)28-37(50(9,10)11)29-41(39)46(31)53(16,17)47-32(2)24-40-42(47)30-43(51(12,13)14)45(52-15)44(40)33-21-19-18-20-22-33/h18-30,46-47H,1-17H3. The predicted octanol–water partition coefficient (Wildman–Crippen LogP) is 14.9. The fourth-order valence-electron chi connectivity index (χ4n) is 8.95. The minimum absolute atomic E-state index is 0.0112. The molecule has 4 aromatic rings. The molecule has 0 heterocycles. The highest BCUT2D eigenvalue weighted by Gasteiger charge is 2.44. The number of methoxy groups -OCH3 is 1. The molecule has 0 saturated carbocycles. The van der Waals surface area contributed by atoms with Crippen molar-refractivity contribution in [3.63, 3.8) is 0 Å². The Morgan fingerprint density at radius 2 is 1.00 bits per heavy atom. The van der Waals surface area contributed by atoms with Crippen molar-refractivity contribution in [3.05, 3.63) is 122 Å². The molecule has 2 atom stereocenters. The van der Waals surface area contributed by atoms with E-state index in [0.717, 1.165) is 5.75 Å². The number of ether oxygens (including phenoxy) is 1. The summed E-state index contributed by atoms with van der Waals surface area (Å²) in [6.45, 7) is 33.0. The van der Waals surface area contributed by atoms with Gasteiger partial charge in [0.2, 0.25) is 0 Å². The summed E-state index contributed by atoms with van der Waals surface area (Å²) in [7, 11) is 0.499. The van der Waals surface area contributed by atoms with Crippen LogP contribution in [0.2, 0.25) is 0 Å². The summed E-state index contributed by atoms with van der Waals surface area (Å²) in [5, 5.41) is 0.663. The van der Waals surface area contributed by atoms with Crippen molar-refractivity contribution in [1.82, 2.24) is 0 Å². The molecule has 2 heteroatoms. The first-order valence-electron chi connectivity index (χ1n) is 19.6. The molecule has 0 saturated heterocycles. The van der Waals surface area contributed by atoms with Gasteiger partial charge in [-0.05, 0) is 110 Å². The van der Waals surface area contributed by atoms with Crippen molar-refractivity contribution in [2.24, 2.45) is 0 Å². The molecule has 0 radical (unpaired) electrons. The molecule has 0 aromatic heterocycles.